The van der Waals surface area contributed by atoms with Crippen molar-refractivity contribution in [3.05, 3.63) is 15.9 Å². The molecule has 2 atom stereocenters. The standard InChI is InChI=1S/C12H15BrF3N3O2/c1-6-4-19(5-7(2)21-6)11(20)9-8(13)10(12(14,15)16)17-18(9)3/h6-7H,4-5H2,1-3H3. The summed E-state index contributed by atoms with van der Waals surface area (Å²) >= 11 is 2.85. The van der Waals surface area contributed by atoms with E-state index in [-0.39, 0.29) is 22.4 Å². The fourth-order valence-corrected chi connectivity index (χ4v) is 3.14. The van der Waals surface area contributed by atoms with Crippen molar-refractivity contribution in [1.82, 2.24) is 14.7 Å². The zero-order chi connectivity index (χ0) is 15.9. The normalized spacial score (nSPS) is 23.5. The number of nitrogens with zero attached hydrogens (tertiary/aromatic N) is 3. The first-order chi connectivity index (χ1) is 9.61. The molecule has 2 unspecified atom stereocenters. The number of aromatic nitrogens is 2. The molecule has 2 rings (SSSR count). The molecule has 1 amide bonds. The van der Waals surface area contributed by atoms with Crippen LogP contribution in [0.2, 0.25) is 0 Å². The van der Waals surface area contributed by atoms with Crippen LogP contribution in [0.25, 0.3) is 0 Å². The number of carbonyl (C=O) groups is 1. The van der Waals surface area contributed by atoms with Crippen LogP contribution in [0, 0.1) is 0 Å². The van der Waals surface area contributed by atoms with Gasteiger partial charge in [-0.05, 0) is 29.8 Å². The highest BCUT2D eigenvalue weighted by Crippen LogP contribution is 2.36. The van der Waals surface area contributed by atoms with Gasteiger partial charge in [0.05, 0.1) is 16.7 Å². The first kappa shape index (κ1) is 16.3. The number of morpholine rings is 1. The summed E-state index contributed by atoms with van der Waals surface area (Å²) in [7, 11) is 1.32. The number of hydrogen-bond donors (Lipinski definition) is 0. The summed E-state index contributed by atoms with van der Waals surface area (Å²) in [4.78, 5) is 14.0. The van der Waals surface area contributed by atoms with Gasteiger partial charge in [-0.3, -0.25) is 9.48 Å². The highest BCUT2D eigenvalue weighted by atomic mass is 79.9. The Morgan fingerprint density at radius 2 is 1.86 bits per heavy atom. The minimum Gasteiger partial charge on any atom is -0.372 e. The van der Waals surface area contributed by atoms with Crippen molar-refractivity contribution in [3.63, 3.8) is 0 Å². The Hall–Kier alpha value is -1.09. The van der Waals surface area contributed by atoms with Gasteiger partial charge in [-0.15, -0.1) is 0 Å². The van der Waals surface area contributed by atoms with Gasteiger partial charge in [0, 0.05) is 20.1 Å². The zero-order valence-corrected chi connectivity index (χ0v) is 13.3. The molecule has 118 valence electrons. The number of carbonyl (C=O) groups excluding carboxylic acids is 1. The van der Waals surface area contributed by atoms with E-state index in [9.17, 15) is 18.0 Å². The molecule has 0 N–H and O–H groups in total. The van der Waals surface area contributed by atoms with Crippen LogP contribution < -0.4 is 0 Å². The quantitative estimate of drug-likeness (QED) is 0.763. The van der Waals surface area contributed by atoms with Crippen LogP contribution in [0.3, 0.4) is 0 Å². The second-order valence-electron chi connectivity index (χ2n) is 5.10. The summed E-state index contributed by atoms with van der Waals surface area (Å²) < 4.78 is 44.6. The summed E-state index contributed by atoms with van der Waals surface area (Å²) in [5, 5.41) is 3.40. The molecular formula is C12H15BrF3N3O2. The van der Waals surface area contributed by atoms with E-state index < -0.39 is 17.8 Å². The number of ether oxygens (including phenoxy) is 1. The van der Waals surface area contributed by atoms with Crippen LogP contribution >= 0.6 is 15.9 Å². The number of rotatable bonds is 1. The highest BCUT2D eigenvalue weighted by Gasteiger charge is 2.40. The molecule has 9 heteroatoms. The number of alkyl halides is 3. The van der Waals surface area contributed by atoms with Crippen LogP contribution in [0.4, 0.5) is 13.2 Å². The Balaban J connectivity index is 2.34. The number of halogens is 4. The van der Waals surface area contributed by atoms with Gasteiger partial charge in [-0.2, -0.15) is 18.3 Å². The maximum absolute atomic E-state index is 12.8. The maximum Gasteiger partial charge on any atom is 0.436 e. The van der Waals surface area contributed by atoms with Gasteiger partial charge in [0.25, 0.3) is 5.91 Å². The van der Waals surface area contributed by atoms with Gasteiger partial charge in [-0.1, -0.05) is 0 Å². The van der Waals surface area contributed by atoms with E-state index in [0.29, 0.717) is 13.1 Å². The largest absolute Gasteiger partial charge is 0.436 e. The molecule has 1 aromatic rings. The van der Waals surface area contributed by atoms with Gasteiger partial charge in [0.1, 0.15) is 5.69 Å². The second-order valence-corrected chi connectivity index (χ2v) is 5.89. The van der Waals surface area contributed by atoms with E-state index in [2.05, 4.69) is 21.0 Å². The fourth-order valence-electron chi connectivity index (χ4n) is 2.41. The van der Waals surface area contributed by atoms with Crippen molar-refractivity contribution >= 4 is 21.8 Å². The van der Waals surface area contributed by atoms with Gasteiger partial charge in [0.2, 0.25) is 0 Å². The molecule has 0 aliphatic carbocycles. The Morgan fingerprint density at radius 3 is 2.29 bits per heavy atom. The van der Waals surface area contributed by atoms with E-state index >= 15 is 0 Å². The van der Waals surface area contributed by atoms with Gasteiger partial charge in [-0.25, -0.2) is 0 Å². The average Bonchev–Trinajstić information content (AvgIpc) is 2.62. The number of hydrogen-bond acceptors (Lipinski definition) is 3. The van der Waals surface area contributed by atoms with Crippen LogP contribution in [-0.2, 0) is 18.0 Å². The first-order valence-corrected chi connectivity index (χ1v) is 7.15. The Kier molecular flexibility index (Phi) is 4.34. The van der Waals surface area contributed by atoms with E-state index in [1.807, 2.05) is 13.8 Å². The molecule has 21 heavy (non-hydrogen) atoms. The smallest absolute Gasteiger partial charge is 0.372 e. The summed E-state index contributed by atoms with van der Waals surface area (Å²) in [5.74, 6) is -0.491. The molecule has 0 aromatic carbocycles. The van der Waals surface area contributed by atoms with Crippen LogP contribution in [-0.4, -0.2) is 45.9 Å². The third-order valence-corrected chi connectivity index (χ3v) is 3.92. The molecule has 2 heterocycles. The lowest BCUT2D eigenvalue weighted by molar-refractivity contribution is -0.142. The van der Waals surface area contributed by atoms with Crippen molar-refractivity contribution in [2.24, 2.45) is 7.05 Å². The predicted molar refractivity (Wildman–Crippen MR) is 71.8 cm³/mol. The molecule has 1 aromatic heterocycles. The maximum atomic E-state index is 12.8. The number of aryl methyl sites for hydroxylation is 1. The summed E-state index contributed by atoms with van der Waals surface area (Å²) in [6.45, 7) is 4.30. The molecule has 1 fully saturated rings. The van der Waals surface area contributed by atoms with Crippen molar-refractivity contribution < 1.29 is 22.7 Å². The molecule has 1 aliphatic heterocycles. The van der Waals surface area contributed by atoms with E-state index in [4.69, 9.17) is 4.74 Å². The molecule has 1 saturated heterocycles. The van der Waals surface area contributed by atoms with Crippen LogP contribution in [0.1, 0.15) is 30.0 Å². The highest BCUT2D eigenvalue weighted by molar-refractivity contribution is 9.10. The molecular weight excluding hydrogens is 355 g/mol. The predicted octanol–water partition coefficient (Wildman–Crippen LogP) is 2.45. The second kappa shape index (κ2) is 5.60. The minimum absolute atomic E-state index is 0.108. The zero-order valence-electron chi connectivity index (χ0n) is 11.7. The average molecular weight is 370 g/mol. The van der Waals surface area contributed by atoms with Crippen molar-refractivity contribution in [1.29, 1.82) is 0 Å². The lowest BCUT2D eigenvalue weighted by Gasteiger charge is -2.35. The molecule has 5 nitrogen and oxygen atoms in total. The molecule has 0 bridgehead atoms. The van der Waals surface area contributed by atoms with E-state index in [1.165, 1.54) is 11.9 Å². The Bertz CT molecular complexity index is 549. The SMILES string of the molecule is CC1CN(C(=O)c2c(Br)c(C(F)(F)F)nn2C)CC(C)O1. The van der Waals surface area contributed by atoms with Crippen molar-refractivity contribution in [2.45, 2.75) is 32.2 Å². The third-order valence-electron chi connectivity index (χ3n) is 3.17. The number of amides is 1. The molecule has 0 saturated carbocycles. The van der Waals surface area contributed by atoms with E-state index in [1.54, 1.807) is 0 Å². The van der Waals surface area contributed by atoms with Crippen molar-refractivity contribution in [3.8, 4) is 0 Å². The monoisotopic (exact) mass is 369 g/mol. The summed E-state index contributed by atoms with van der Waals surface area (Å²) in [6, 6.07) is 0. The third kappa shape index (κ3) is 3.23. The lowest BCUT2D eigenvalue weighted by atomic mass is 10.2. The molecule has 1 aliphatic rings. The van der Waals surface area contributed by atoms with E-state index in [0.717, 1.165) is 4.68 Å². The fraction of sp³-hybridized carbons (Fsp3) is 0.667. The van der Waals surface area contributed by atoms with Gasteiger partial charge >= 0.3 is 6.18 Å². The summed E-state index contributed by atoms with van der Waals surface area (Å²) in [6.07, 6.45) is -4.93. The summed E-state index contributed by atoms with van der Waals surface area (Å²) in [5.41, 5.74) is -1.20. The molecule has 0 spiro atoms. The van der Waals surface area contributed by atoms with Gasteiger partial charge in [0.15, 0.2) is 5.69 Å². The van der Waals surface area contributed by atoms with Crippen LogP contribution in [0.15, 0.2) is 4.47 Å². The lowest BCUT2D eigenvalue weighted by Crippen LogP contribution is -2.48. The van der Waals surface area contributed by atoms with Gasteiger partial charge < -0.3 is 9.64 Å². The topological polar surface area (TPSA) is 47.4 Å². The Labute approximate surface area is 128 Å². The Morgan fingerprint density at radius 1 is 1.33 bits per heavy atom. The van der Waals surface area contributed by atoms with Crippen molar-refractivity contribution in [2.75, 3.05) is 13.1 Å². The van der Waals surface area contributed by atoms with Crippen LogP contribution in [0.5, 0.6) is 0 Å². The first-order valence-electron chi connectivity index (χ1n) is 6.35. The molecule has 0 radical (unpaired) electrons. The minimum atomic E-state index is -4.61.